The summed E-state index contributed by atoms with van der Waals surface area (Å²) in [6.07, 6.45) is 0.00966. The summed E-state index contributed by atoms with van der Waals surface area (Å²) >= 11 is 6.09. The summed E-state index contributed by atoms with van der Waals surface area (Å²) in [5.41, 5.74) is 0.452. The molecule has 23 heavy (non-hydrogen) atoms. The molecule has 3 aromatic rings. The zero-order valence-corrected chi connectivity index (χ0v) is 13.7. The minimum Gasteiger partial charge on any atom is -0.439 e. The predicted octanol–water partition coefficient (Wildman–Crippen LogP) is 3.65. The van der Waals surface area contributed by atoms with Gasteiger partial charge in [-0.1, -0.05) is 49.7 Å². The highest BCUT2D eigenvalue weighted by molar-refractivity contribution is 6.33. The van der Waals surface area contributed by atoms with Crippen LogP contribution in [0.4, 0.5) is 0 Å². The SMILES string of the molecule is CC(C)(C)c1nnc(COc2nc(-c3ccccc3Cl)no2)o1. The third kappa shape index (κ3) is 3.50. The lowest BCUT2D eigenvalue weighted by atomic mass is 9.97. The molecular weight excluding hydrogens is 320 g/mol. The van der Waals surface area contributed by atoms with Crippen molar-refractivity contribution >= 4 is 11.6 Å². The monoisotopic (exact) mass is 334 g/mol. The highest BCUT2D eigenvalue weighted by Gasteiger charge is 2.22. The zero-order chi connectivity index (χ0) is 16.4. The third-order valence-electron chi connectivity index (χ3n) is 2.95. The second kappa shape index (κ2) is 6.00. The van der Waals surface area contributed by atoms with Crippen molar-refractivity contribution in [3.63, 3.8) is 0 Å². The molecule has 0 amide bonds. The second-order valence-electron chi connectivity index (χ2n) is 5.90. The number of hydrogen-bond donors (Lipinski definition) is 0. The van der Waals surface area contributed by atoms with Crippen molar-refractivity contribution < 1.29 is 13.7 Å². The quantitative estimate of drug-likeness (QED) is 0.719. The minimum atomic E-state index is -0.215. The fourth-order valence-corrected chi connectivity index (χ4v) is 1.98. The molecular formula is C15H15ClN4O3. The maximum atomic E-state index is 6.09. The fraction of sp³-hybridized carbons (Fsp3) is 0.333. The first-order valence-electron chi connectivity index (χ1n) is 6.98. The van der Waals surface area contributed by atoms with Crippen LogP contribution in [0.2, 0.25) is 5.02 Å². The lowest BCUT2D eigenvalue weighted by molar-refractivity contribution is 0.173. The molecule has 0 spiro atoms. The maximum Gasteiger partial charge on any atom is 0.418 e. The first-order valence-corrected chi connectivity index (χ1v) is 7.35. The van der Waals surface area contributed by atoms with Gasteiger partial charge in [-0.25, -0.2) is 0 Å². The van der Waals surface area contributed by atoms with Crippen molar-refractivity contribution in [1.82, 2.24) is 20.3 Å². The molecule has 0 saturated carbocycles. The zero-order valence-electron chi connectivity index (χ0n) is 12.9. The molecule has 0 N–H and O–H groups in total. The summed E-state index contributed by atoms with van der Waals surface area (Å²) in [7, 11) is 0. The van der Waals surface area contributed by atoms with E-state index in [9.17, 15) is 0 Å². The Balaban J connectivity index is 1.68. The highest BCUT2D eigenvalue weighted by Crippen LogP contribution is 2.26. The Kier molecular flexibility index (Phi) is 4.04. The Morgan fingerprint density at radius 1 is 1.17 bits per heavy atom. The molecule has 0 fully saturated rings. The van der Waals surface area contributed by atoms with Crippen LogP contribution in [0, 0.1) is 0 Å². The lowest BCUT2D eigenvalue weighted by Crippen LogP contribution is -2.11. The predicted molar refractivity (Wildman–Crippen MR) is 82.1 cm³/mol. The standard InChI is InChI=1S/C15H15ClN4O3/c1-15(2,3)13-19-18-11(22-13)8-21-14-17-12(20-23-14)9-6-4-5-7-10(9)16/h4-7H,8H2,1-3H3. The van der Waals surface area contributed by atoms with Crippen LogP contribution in [0.1, 0.15) is 32.6 Å². The van der Waals surface area contributed by atoms with E-state index in [1.54, 1.807) is 12.1 Å². The molecule has 0 unspecified atom stereocenters. The molecule has 2 aromatic heterocycles. The summed E-state index contributed by atoms with van der Waals surface area (Å²) in [6, 6.07) is 7.21. The Morgan fingerprint density at radius 3 is 2.65 bits per heavy atom. The molecule has 0 aliphatic carbocycles. The highest BCUT2D eigenvalue weighted by atomic mass is 35.5. The maximum absolute atomic E-state index is 6.09. The molecule has 0 aliphatic rings. The molecule has 120 valence electrons. The van der Waals surface area contributed by atoms with E-state index in [1.165, 1.54) is 0 Å². The van der Waals surface area contributed by atoms with Gasteiger partial charge in [-0.05, 0) is 12.1 Å². The summed E-state index contributed by atoms with van der Waals surface area (Å²) in [6.45, 7) is 6.00. The third-order valence-corrected chi connectivity index (χ3v) is 3.28. The molecule has 0 atom stereocenters. The van der Waals surface area contributed by atoms with Gasteiger partial charge in [-0.3, -0.25) is 4.52 Å². The number of rotatable bonds is 4. The van der Waals surface area contributed by atoms with E-state index in [-0.39, 0.29) is 18.1 Å². The van der Waals surface area contributed by atoms with Crippen molar-refractivity contribution in [3.05, 3.63) is 41.1 Å². The smallest absolute Gasteiger partial charge is 0.418 e. The van der Waals surface area contributed by atoms with Gasteiger partial charge in [0.2, 0.25) is 11.7 Å². The lowest BCUT2D eigenvalue weighted by Gasteiger charge is -2.10. The fourth-order valence-electron chi connectivity index (χ4n) is 1.76. The van der Waals surface area contributed by atoms with Crippen LogP contribution in [-0.4, -0.2) is 20.3 Å². The van der Waals surface area contributed by atoms with Gasteiger partial charge in [0.1, 0.15) is 0 Å². The molecule has 0 bridgehead atoms. The van der Waals surface area contributed by atoms with E-state index in [1.807, 2.05) is 32.9 Å². The van der Waals surface area contributed by atoms with Gasteiger partial charge in [0.15, 0.2) is 6.61 Å². The minimum absolute atomic E-state index is 0.00966. The molecule has 2 heterocycles. The number of nitrogens with zero attached hydrogens (tertiary/aromatic N) is 4. The molecule has 0 aliphatic heterocycles. The molecule has 1 aromatic carbocycles. The van der Waals surface area contributed by atoms with Gasteiger partial charge in [-0.2, -0.15) is 4.98 Å². The number of halogens is 1. The second-order valence-corrected chi connectivity index (χ2v) is 6.31. The van der Waals surface area contributed by atoms with Crippen LogP contribution in [0.25, 0.3) is 11.4 Å². The van der Waals surface area contributed by atoms with Crippen molar-refractivity contribution in [3.8, 4) is 17.5 Å². The molecule has 8 heteroatoms. The Labute approximate surface area is 137 Å². The number of ether oxygens (including phenoxy) is 1. The van der Waals surface area contributed by atoms with Gasteiger partial charge in [0.25, 0.3) is 5.89 Å². The number of hydrogen-bond acceptors (Lipinski definition) is 7. The first kappa shape index (κ1) is 15.5. The Hall–Kier alpha value is -2.41. The van der Waals surface area contributed by atoms with Crippen LogP contribution in [0.15, 0.2) is 33.2 Å². The van der Waals surface area contributed by atoms with Crippen LogP contribution in [0.5, 0.6) is 6.08 Å². The summed E-state index contributed by atoms with van der Waals surface area (Å²) < 4.78 is 15.9. The topological polar surface area (TPSA) is 87.1 Å². The normalized spacial score (nSPS) is 11.7. The molecule has 7 nitrogen and oxygen atoms in total. The molecule has 0 radical (unpaired) electrons. The van der Waals surface area contributed by atoms with E-state index < -0.39 is 0 Å². The largest absolute Gasteiger partial charge is 0.439 e. The van der Waals surface area contributed by atoms with Crippen molar-refractivity contribution in [2.24, 2.45) is 0 Å². The van der Waals surface area contributed by atoms with Gasteiger partial charge < -0.3 is 9.15 Å². The number of aromatic nitrogens is 4. The Bertz CT molecular complexity index is 807. The van der Waals surface area contributed by atoms with E-state index in [0.29, 0.717) is 28.2 Å². The first-order chi connectivity index (χ1) is 10.9. The van der Waals surface area contributed by atoms with Gasteiger partial charge in [-0.15, -0.1) is 10.2 Å². The van der Waals surface area contributed by atoms with E-state index in [4.69, 9.17) is 25.3 Å². The summed E-state index contributed by atoms with van der Waals surface area (Å²) in [5.74, 6) is 1.23. The number of benzene rings is 1. The van der Waals surface area contributed by atoms with Crippen molar-refractivity contribution in [2.75, 3.05) is 0 Å². The van der Waals surface area contributed by atoms with Crippen LogP contribution < -0.4 is 4.74 Å². The van der Waals surface area contributed by atoms with Gasteiger partial charge in [0.05, 0.1) is 5.02 Å². The van der Waals surface area contributed by atoms with Crippen LogP contribution in [0.3, 0.4) is 0 Å². The van der Waals surface area contributed by atoms with Gasteiger partial charge in [0, 0.05) is 11.0 Å². The van der Waals surface area contributed by atoms with Crippen LogP contribution in [-0.2, 0) is 12.0 Å². The van der Waals surface area contributed by atoms with Crippen molar-refractivity contribution in [2.45, 2.75) is 32.8 Å². The van der Waals surface area contributed by atoms with Crippen molar-refractivity contribution in [1.29, 1.82) is 0 Å². The average molecular weight is 335 g/mol. The van der Waals surface area contributed by atoms with E-state index in [2.05, 4.69) is 20.3 Å². The molecule has 3 rings (SSSR count). The van der Waals surface area contributed by atoms with Crippen LogP contribution >= 0.6 is 11.6 Å². The Morgan fingerprint density at radius 2 is 1.96 bits per heavy atom. The van der Waals surface area contributed by atoms with E-state index in [0.717, 1.165) is 0 Å². The summed E-state index contributed by atoms with van der Waals surface area (Å²) in [4.78, 5) is 4.14. The van der Waals surface area contributed by atoms with Gasteiger partial charge >= 0.3 is 6.08 Å². The van der Waals surface area contributed by atoms with E-state index >= 15 is 0 Å². The summed E-state index contributed by atoms with van der Waals surface area (Å²) in [5, 5.41) is 12.3. The molecule has 0 saturated heterocycles. The average Bonchev–Trinajstić information content (AvgIpc) is 3.14.